The zero-order chi connectivity index (χ0) is 14.4. The van der Waals surface area contributed by atoms with Crippen molar-refractivity contribution in [2.75, 3.05) is 12.3 Å². The number of pyridine rings is 1. The second-order valence-electron chi connectivity index (χ2n) is 5.39. The first-order valence-corrected chi connectivity index (χ1v) is 8.86. The lowest BCUT2D eigenvalue weighted by Gasteiger charge is -2.31. The van der Waals surface area contributed by atoms with Crippen molar-refractivity contribution in [1.29, 1.82) is 0 Å². The summed E-state index contributed by atoms with van der Waals surface area (Å²) in [5, 5.41) is 0. The van der Waals surface area contributed by atoms with Gasteiger partial charge in [0.15, 0.2) is 0 Å². The van der Waals surface area contributed by atoms with Crippen LogP contribution in [-0.4, -0.2) is 31.7 Å². The molecule has 1 aliphatic carbocycles. The minimum absolute atomic E-state index is 0.00230. The zero-order valence-corrected chi connectivity index (χ0v) is 12.5. The summed E-state index contributed by atoms with van der Waals surface area (Å²) in [6.07, 6.45) is 6.25. The van der Waals surface area contributed by atoms with E-state index < -0.39 is 10.0 Å². The largest absolute Gasteiger partial charge is 0.330 e. The van der Waals surface area contributed by atoms with Crippen molar-refractivity contribution in [1.82, 2.24) is 9.71 Å². The van der Waals surface area contributed by atoms with Crippen LogP contribution in [0.3, 0.4) is 0 Å². The number of hydrogen-bond donors (Lipinski definition) is 2. The third-order valence-corrected chi connectivity index (χ3v) is 5.30. The molecule has 1 aromatic rings. The molecule has 5 nitrogen and oxygen atoms in total. The van der Waals surface area contributed by atoms with Crippen LogP contribution in [0.25, 0.3) is 0 Å². The lowest BCUT2D eigenvalue weighted by atomic mass is 9.85. The van der Waals surface area contributed by atoms with E-state index in [1.54, 1.807) is 6.20 Å². The van der Waals surface area contributed by atoms with Gasteiger partial charge in [0.25, 0.3) is 0 Å². The minimum atomic E-state index is -3.27. The van der Waals surface area contributed by atoms with Crippen molar-refractivity contribution in [3.05, 3.63) is 30.1 Å². The molecule has 2 atom stereocenters. The highest BCUT2D eigenvalue weighted by molar-refractivity contribution is 7.89. The monoisotopic (exact) mass is 297 g/mol. The van der Waals surface area contributed by atoms with Crippen LogP contribution in [0.5, 0.6) is 0 Å². The third kappa shape index (κ3) is 4.54. The molecule has 1 fully saturated rings. The Hall–Kier alpha value is -0.980. The van der Waals surface area contributed by atoms with E-state index in [1.165, 1.54) is 0 Å². The van der Waals surface area contributed by atoms with E-state index in [0.29, 0.717) is 13.0 Å². The van der Waals surface area contributed by atoms with Crippen molar-refractivity contribution in [2.45, 2.75) is 38.1 Å². The molecule has 0 spiro atoms. The predicted octanol–water partition coefficient (Wildman–Crippen LogP) is 1.06. The van der Waals surface area contributed by atoms with Crippen molar-refractivity contribution in [3.8, 4) is 0 Å². The van der Waals surface area contributed by atoms with E-state index in [4.69, 9.17) is 5.73 Å². The van der Waals surface area contributed by atoms with Crippen LogP contribution in [0.2, 0.25) is 0 Å². The fraction of sp³-hybridized carbons (Fsp3) is 0.643. The van der Waals surface area contributed by atoms with Gasteiger partial charge >= 0.3 is 0 Å². The summed E-state index contributed by atoms with van der Waals surface area (Å²) in [5.41, 5.74) is 6.54. The molecule has 1 saturated carbocycles. The van der Waals surface area contributed by atoms with E-state index in [1.807, 2.05) is 18.2 Å². The average Bonchev–Trinajstić information content (AvgIpc) is 2.47. The van der Waals surface area contributed by atoms with Crippen LogP contribution >= 0.6 is 0 Å². The molecule has 3 N–H and O–H groups in total. The molecule has 1 heterocycles. The van der Waals surface area contributed by atoms with Gasteiger partial charge in [-0.05, 0) is 37.4 Å². The van der Waals surface area contributed by atoms with Gasteiger partial charge in [-0.15, -0.1) is 0 Å². The topological polar surface area (TPSA) is 85.1 Å². The Morgan fingerprint density at radius 1 is 1.30 bits per heavy atom. The molecule has 2 unspecified atom stereocenters. The smallest absolute Gasteiger partial charge is 0.212 e. The summed E-state index contributed by atoms with van der Waals surface area (Å²) in [5.74, 6) is 0.353. The van der Waals surface area contributed by atoms with Gasteiger partial charge in [-0.3, -0.25) is 4.98 Å². The van der Waals surface area contributed by atoms with E-state index in [9.17, 15) is 8.42 Å². The number of nitrogens with zero attached hydrogens (tertiary/aromatic N) is 1. The molecule has 20 heavy (non-hydrogen) atoms. The van der Waals surface area contributed by atoms with Gasteiger partial charge in [0, 0.05) is 24.4 Å². The van der Waals surface area contributed by atoms with E-state index in [2.05, 4.69) is 9.71 Å². The molecule has 0 aliphatic heterocycles. The van der Waals surface area contributed by atoms with Gasteiger partial charge in [-0.1, -0.05) is 18.9 Å². The van der Waals surface area contributed by atoms with Crippen LogP contribution in [-0.2, 0) is 16.4 Å². The van der Waals surface area contributed by atoms with Crippen LogP contribution in [0.15, 0.2) is 24.4 Å². The van der Waals surface area contributed by atoms with Crippen molar-refractivity contribution >= 4 is 10.0 Å². The third-order valence-electron chi connectivity index (χ3n) is 3.90. The van der Waals surface area contributed by atoms with E-state index >= 15 is 0 Å². The summed E-state index contributed by atoms with van der Waals surface area (Å²) in [6.45, 7) is 0.549. The maximum Gasteiger partial charge on any atom is 0.212 e. The first kappa shape index (κ1) is 15.4. The van der Waals surface area contributed by atoms with E-state index in [-0.39, 0.29) is 17.7 Å². The zero-order valence-electron chi connectivity index (χ0n) is 11.7. The molecular formula is C14H23N3O2S. The second-order valence-corrected chi connectivity index (χ2v) is 7.27. The fourth-order valence-electron chi connectivity index (χ4n) is 2.72. The molecule has 0 bridgehead atoms. The summed E-state index contributed by atoms with van der Waals surface area (Å²) >= 11 is 0. The van der Waals surface area contributed by atoms with Gasteiger partial charge in [0.05, 0.1) is 5.75 Å². The molecular weight excluding hydrogens is 274 g/mol. The molecule has 6 heteroatoms. The van der Waals surface area contributed by atoms with Gasteiger partial charge in [-0.25, -0.2) is 13.1 Å². The first-order valence-electron chi connectivity index (χ1n) is 7.21. The second kappa shape index (κ2) is 7.15. The molecule has 2 rings (SSSR count). The number of hydrogen-bond acceptors (Lipinski definition) is 4. The van der Waals surface area contributed by atoms with Crippen molar-refractivity contribution < 1.29 is 8.42 Å². The van der Waals surface area contributed by atoms with Crippen molar-refractivity contribution in [2.24, 2.45) is 11.7 Å². The molecule has 1 aliphatic rings. The summed E-state index contributed by atoms with van der Waals surface area (Å²) in [7, 11) is -3.27. The Labute approximate surface area is 121 Å². The minimum Gasteiger partial charge on any atom is -0.330 e. The maximum atomic E-state index is 12.2. The molecule has 1 aromatic heterocycles. The van der Waals surface area contributed by atoms with Gasteiger partial charge in [0.1, 0.15) is 0 Å². The van der Waals surface area contributed by atoms with E-state index in [0.717, 1.165) is 31.4 Å². The number of sulfonamides is 1. The van der Waals surface area contributed by atoms with Crippen LogP contribution < -0.4 is 10.5 Å². The first-order chi connectivity index (χ1) is 9.61. The number of aryl methyl sites for hydroxylation is 1. The normalized spacial score (nSPS) is 23.6. The fourth-order valence-corrected chi connectivity index (χ4v) is 4.09. The summed E-state index contributed by atoms with van der Waals surface area (Å²) in [6, 6.07) is 5.54. The Bertz CT molecular complexity index is 504. The highest BCUT2D eigenvalue weighted by Gasteiger charge is 2.27. The number of rotatable bonds is 6. The molecule has 112 valence electrons. The van der Waals surface area contributed by atoms with Gasteiger partial charge < -0.3 is 5.73 Å². The quantitative estimate of drug-likeness (QED) is 0.822. The summed E-state index contributed by atoms with van der Waals surface area (Å²) in [4.78, 5) is 4.15. The van der Waals surface area contributed by atoms with Crippen molar-refractivity contribution in [3.63, 3.8) is 0 Å². The number of aromatic nitrogens is 1. The van der Waals surface area contributed by atoms with Gasteiger partial charge in [-0.2, -0.15) is 0 Å². The predicted molar refractivity (Wildman–Crippen MR) is 79.7 cm³/mol. The summed E-state index contributed by atoms with van der Waals surface area (Å²) < 4.78 is 27.1. The maximum absolute atomic E-state index is 12.2. The SMILES string of the molecule is NCC1CCCCC1NS(=O)(=O)CCc1ccccn1. The Balaban J connectivity index is 1.90. The van der Waals surface area contributed by atoms with Crippen LogP contribution in [0, 0.1) is 5.92 Å². The lowest BCUT2D eigenvalue weighted by molar-refractivity contribution is 0.296. The Morgan fingerprint density at radius 2 is 2.10 bits per heavy atom. The van der Waals surface area contributed by atoms with Crippen LogP contribution in [0.4, 0.5) is 0 Å². The molecule has 0 saturated heterocycles. The van der Waals surface area contributed by atoms with Crippen LogP contribution in [0.1, 0.15) is 31.4 Å². The Kier molecular flexibility index (Phi) is 5.51. The van der Waals surface area contributed by atoms with Gasteiger partial charge in [0.2, 0.25) is 10.0 Å². The standard InChI is InChI=1S/C14H23N3O2S/c15-11-12-5-1-2-7-14(12)17-20(18,19)10-8-13-6-3-4-9-16-13/h3-4,6,9,12,14,17H,1-2,5,7-8,10-11,15H2. The highest BCUT2D eigenvalue weighted by atomic mass is 32.2. The number of nitrogens with two attached hydrogens (primary N) is 1. The molecule has 0 aromatic carbocycles. The molecule has 0 radical (unpaired) electrons. The average molecular weight is 297 g/mol. The lowest BCUT2D eigenvalue weighted by Crippen LogP contribution is -2.45. The Morgan fingerprint density at radius 3 is 2.80 bits per heavy atom. The highest BCUT2D eigenvalue weighted by Crippen LogP contribution is 2.24. The number of nitrogens with one attached hydrogen (secondary N) is 1. The molecule has 0 amide bonds.